The van der Waals surface area contributed by atoms with Gasteiger partial charge in [0.2, 0.25) is 5.91 Å². The van der Waals surface area contributed by atoms with Crippen molar-refractivity contribution in [1.82, 2.24) is 10.2 Å². The Hall–Kier alpha value is -3.14. The molecule has 3 amide bonds. The van der Waals surface area contributed by atoms with Gasteiger partial charge in [-0.15, -0.1) is 0 Å². The smallest absolute Gasteiger partial charge is 0.414 e. The zero-order valence-corrected chi connectivity index (χ0v) is 17.6. The zero-order chi connectivity index (χ0) is 22.5. The number of hydrogen-bond acceptors (Lipinski definition) is 7. The molecule has 0 spiro atoms. The molecule has 0 radical (unpaired) electrons. The van der Waals surface area contributed by atoms with Crippen LogP contribution >= 0.6 is 0 Å². The number of anilines is 1. The highest BCUT2D eigenvalue weighted by molar-refractivity contribution is 5.90. The molecule has 3 atom stereocenters. The van der Waals surface area contributed by atoms with Crippen LogP contribution in [0.25, 0.3) is 0 Å². The number of carbonyl (C=O) groups is 4. The molecule has 10 heteroatoms. The Morgan fingerprint density at radius 1 is 1.23 bits per heavy atom. The van der Waals surface area contributed by atoms with Crippen LogP contribution in [-0.2, 0) is 23.9 Å². The molecular formula is C21H27N3O7. The number of aliphatic hydroxyl groups is 1. The molecule has 168 valence electrons. The number of cyclic esters (lactones) is 1. The molecule has 2 saturated heterocycles. The molecule has 0 bridgehead atoms. The van der Waals surface area contributed by atoms with Crippen LogP contribution in [-0.4, -0.2) is 65.9 Å². The lowest BCUT2D eigenvalue weighted by Gasteiger charge is -2.37. The van der Waals surface area contributed by atoms with Gasteiger partial charge in [-0.25, -0.2) is 4.79 Å². The summed E-state index contributed by atoms with van der Waals surface area (Å²) in [4.78, 5) is 49.9. The number of likely N-dealkylation sites (tertiary alicyclic amines) is 1. The fraction of sp³-hybridized carbons (Fsp3) is 0.524. The number of carbonyl (C=O) groups excluding carboxylic acids is 4. The van der Waals surface area contributed by atoms with Crippen molar-refractivity contribution < 1.29 is 33.8 Å². The van der Waals surface area contributed by atoms with Crippen molar-refractivity contribution in [3.05, 3.63) is 29.8 Å². The third-order valence-corrected chi connectivity index (χ3v) is 5.32. The number of hydrogen-bond donors (Lipinski definition) is 2. The molecule has 2 heterocycles. The van der Waals surface area contributed by atoms with E-state index in [0.29, 0.717) is 25.2 Å². The van der Waals surface area contributed by atoms with Crippen LogP contribution in [0.1, 0.15) is 44.7 Å². The van der Waals surface area contributed by atoms with E-state index in [0.717, 1.165) is 25.3 Å². The normalized spacial score (nSPS) is 22.0. The number of esters is 1. The lowest BCUT2D eigenvalue weighted by atomic mass is 9.95. The number of rotatable bonds is 6. The number of amides is 3. The Bertz CT molecular complexity index is 842. The summed E-state index contributed by atoms with van der Waals surface area (Å²) in [5, 5.41) is 12.5. The van der Waals surface area contributed by atoms with Crippen molar-refractivity contribution in [2.45, 2.75) is 51.5 Å². The first-order chi connectivity index (χ1) is 14.8. The van der Waals surface area contributed by atoms with E-state index in [-0.39, 0.29) is 18.5 Å². The van der Waals surface area contributed by atoms with Crippen molar-refractivity contribution in [2.24, 2.45) is 0 Å². The van der Waals surface area contributed by atoms with Crippen LogP contribution in [0.2, 0.25) is 0 Å². The van der Waals surface area contributed by atoms with Gasteiger partial charge in [-0.05, 0) is 37.0 Å². The molecule has 1 aromatic rings. The van der Waals surface area contributed by atoms with Gasteiger partial charge in [-0.3, -0.25) is 19.3 Å². The SMILES string of the molecule is CC(=O)NC[C@H]1CN(c2ccc(C3CCCCN3C(=O)C(O)OC(C)=O)cc2)C(=O)O1. The number of nitrogens with one attached hydrogen (secondary N) is 1. The predicted molar refractivity (Wildman–Crippen MR) is 109 cm³/mol. The number of ether oxygens (including phenoxy) is 2. The first kappa shape index (κ1) is 22.5. The summed E-state index contributed by atoms with van der Waals surface area (Å²) in [6.45, 7) is 3.55. The first-order valence-electron chi connectivity index (χ1n) is 10.2. The molecule has 31 heavy (non-hydrogen) atoms. The Balaban J connectivity index is 1.69. The van der Waals surface area contributed by atoms with Crippen molar-refractivity contribution in [2.75, 3.05) is 24.5 Å². The summed E-state index contributed by atoms with van der Waals surface area (Å²) in [7, 11) is 0. The minimum atomic E-state index is -1.82. The standard InChI is InChI=1S/C21H27N3O7/c1-13(25)22-11-17-12-24(21(29)31-17)16-8-6-15(7-9-16)18-5-3-4-10-23(18)19(27)20(28)30-14(2)26/h6-9,17-18,20,28H,3-5,10-12H2,1-2H3,(H,22,25)/t17-,18?,20?/m0/s1. The van der Waals surface area contributed by atoms with Gasteiger partial charge >= 0.3 is 12.1 Å². The van der Waals surface area contributed by atoms with Gasteiger partial charge in [-0.1, -0.05) is 12.1 Å². The number of aliphatic hydroxyl groups excluding tert-OH is 1. The van der Waals surface area contributed by atoms with Gasteiger partial charge < -0.3 is 24.8 Å². The molecular weight excluding hydrogens is 406 g/mol. The van der Waals surface area contributed by atoms with E-state index in [1.807, 2.05) is 12.1 Å². The van der Waals surface area contributed by atoms with E-state index < -0.39 is 30.4 Å². The molecule has 1 aromatic carbocycles. The summed E-state index contributed by atoms with van der Waals surface area (Å²) >= 11 is 0. The number of nitrogens with zero attached hydrogens (tertiary/aromatic N) is 2. The third-order valence-electron chi connectivity index (χ3n) is 5.32. The van der Waals surface area contributed by atoms with Gasteiger partial charge in [0.1, 0.15) is 6.10 Å². The van der Waals surface area contributed by atoms with Crippen molar-refractivity contribution in [3.63, 3.8) is 0 Å². The summed E-state index contributed by atoms with van der Waals surface area (Å²) in [6.07, 6.45) is -0.307. The molecule has 0 aromatic heterocycles. The average molecular weight is 433 g/mol. The number of benzene rings is 1. The number of piperidine rings is 1. The van der Waals surface area contributed by atoms with Crippen LogP contribution in [0.15, 0.2) is 24.3 Å². The van der Waals surface area contributed by atoms with Crippen LogP contribution in [0.3, 0.4) is 0 Å². The average Bonchev–Trinajstić information content (AvgIpc) is 3.12. The Morgan fingerprint density at radius 2 is 1.94 bits per heavy atom. The summed E-state index contributed by atoms with van der Waals surface area (Å²) in [5.41, 5.74) is 1.50. The Kier molecular flexibility index (Phi) is 7.11. The second kappa shape index (κ2) is 9.78. The fourth-order valence-corrected chi connectivity index (χ4v) is 3.86. The summed E-state index contributed by atoms with van der Waals surface area (Å²) in [6, 6.07) is 6.95. The molecule has 2 N–H and O–H groups in total. The molecule has 2 aliphatic rings. The molecule has 2 aliphatic heterocycles. The van der Waals surface area contributed by atoms with Crippen molar-refractivity contribution in [1.29, 1.82) is 0 Å². The maximum Gasteiger partial charge on any atom is 0.414 e. The zero-order valence-electron chi connectivity index (χ0n) is 17.6. The maximum atomic E-state index is 12.6. The van der Waals surface area contributed by atoms with Crippen LogP contribution in [0.5, 0.6) is 0 Å². The lowest BCUT2D eigenvalue weighted by molar-refractivity contribution is -0.183. The predicted octanol–water partition coefficient (Wildman–Crippen LogP) is 1.08. The molecule has 10 nitrogen and oxygen atoms in total. The Labute approximate surface area is 180 Å². The van der Waals surface area contributed by atoms with E-state index in [9.17, 15) is 24.3 Å². The minimum absolute atomic E-state index is 0.191. The second-order valence-electron chi connectivity index (χ2n) is 7.65. The van der Waals surface area contributed by atoms with Gasteiger partial charge in [0.15, 0.2) is 0 Å². The highest BCUT2D eigenvalue weighted by atomic mass is 16.6. The Morgan fingerprint density at radius 3 is 2.58 bits per heavy atom. The molecule has 2 unspecified atom stereocenters. The summed E-state index contributed by atoms with van der Waals surface area (Å²) < 4.78 is 9.92. The van der Waals surface area contributed by atoms with Crippen LogP contribution in [0, 0.1) is 0 Å². The molecule has 0 saturated carbocycles. The highest BCUT2D eigenvalue weighted by Crippen LogP contribution is 2.33. The second-order valence-corrected chi connectivity index (χ2v) is 7.65. The van der Waals surface area contributed by atoms with Crippen LogP contribution < -0.4 is 10.2 Å². The van der Waals surface area contributed by atoms with Crippen molar-refractivity contribution >= 4 is 29.6 Å². The molecule has 2 fully saturated rings. The van der Waals surface area contributed by atoms with E-state index in [2.05, 4.69) is 10.1 Å². The highest BCUT2D eigenvalue weighted by Gasteiger charge is 2.34. The topological polar surface area (TPSA) is 125 Å². The van der Waals surface area contributed by atoms with E-state index in [4.69, 9.17) is 4.74 Å². The maximum absolute atomic E-state index is 12.6. The lowest BCUT2D eigenvalue weighted by Crippen LogP contribution is -2.45. The molecule has 0 aliphatic carbocycles. The van der Waals surface area contributed by atoms with Crippen molar-refractivity contribution in [3.8, 4) is 0 Å². The fourth-order valence-electron chi connectivity index (χ4n) is 3.86. The van der Waals surface area contributed by atoms with Gasteiger partial charge in [0.25, 0.3) is 12.2 Å². The largest absolute Gasteiger partial charge is 0.442 e. The van der Waals surface area contributed by atoms with E-state index in [1.165, 1.54) is 16.7 Å². The van der Waals surface area contributed by atoms with E-state index in [1.54, 1.807) is 12.1 Å². The van der Waals surface area contributed by atoms with Gasteiger partial charge in [0, 0.05) is 26.1 Å². The summed E-state index contributed by atoms with van der Waals surface area (Å²) in [5.74, 6) is -1.56. The van der Waals surface area contributed by atoms with Crippen LogP contribution in [0.4, 0.5) is 10.5 Å². The first-order valence-corrected chi connectivity index (χ1v) is 10.2. The van der Waals surface area contributed by atoms with Gasteiger partial charge in [0.05, 0.1) is 19.1 Å². The quantitative estimate of drug-likeness (QED) is 0.508. The van der Waals surface area contributed by atoms with Gasteiger partial charge in [-0.2, -0.15) is 0 Å². The third kappa shape index (κ3) is 5.52. The van der Waals surface area contributed by atoms with E-state index >= 15 is 0 Å². The monoisotopic (exact) mass is 433 g/mol. The minimum Gasteiger partial charge on any atom is -0.442 e. The molecule has 3 rings (SSSR count).